The van der Waals surface area contributed by atoms with Crippen molar-refractivity contribution >= 4 is 44.2 Å². The molecule has 0 saturated carbocycles. The van der Waals surface area contributed by atoms with E-state index in [0.29, 0.717) is 48.4 Å². The van der Waals surface area contributed by atoms with Crippen LogP contribution in [0.3, 0.4) is 0 Å². The predicted octanol–water partition coefficient (Wildman–Crippen LogP) is 3.18. The van der Waals surface area contributed by atoms with Crippen molar-refractivity contribution in [2.24, 2.45) is 0 Å². The second kappa shape index (κ2) is 8.69. The summed E-state index contributed by atoms with van der Waals surface area (Å²) in [5.41, 5.74) is 3.04. The van der Waals surface area contributed by atoms with E-state index in [1.165, 1.54) is 4.31 Å². The molecule has 1 heterocycles. The molecule has 2 aromatic carbocycles. The van der Waals surface area contributed by atoms with E-state index in [0.717, 1.165) is 16.7 Å². The normalized spacial score (nSPS) is 17.1. The van der Waals surface area contributed by atoms with Gasteiger partial charge in [0.2, 0.25) is 15.9 Å². The molecular formula is C21H20Cl2N2O4S. The summed E-state index contributed by atoms with van der Waals surface area (Å²) in [7, 11) is -3.53. The molecule has 4 rings (SSSR count). The van der Waals surface area contributed by atoms with Crippen molar-refractivity contribution in [2.45, 2.75) is 17.9 Å². The minimum absolute atomic E-state index is 0.230. The Hall–Kier alpha value is -1.90. The van der Waals surface area contributed by atoms with Gasteiger partial charge in [-0.1, -0.05) is 41.4 Å². The Labute approximate surface area is 185 Å². The SMILES string of the molecule is O=C(NCc1ccc(S(=O)(=O)N2CCOCC2)cc1)C1=C(Cl)c2cc(Cl)ccc2C1. The standard InChI is InChI=1S/C21H20Cl2N2O4S/c22-16-4-3-15-11-19(20(23)18(15)12-16)21(26)24-13-14-1-5-17(6-2-14)30(27,28)25-7-9-29-10-8-25/h1-6,12H,7-11,13H2,(H,24,26). The molecule has 9 heteroatoms. The Balaban J connectivity index is 1.40. The van der Waals surface area contributed by atoms with E-state index in [9.17, 15) is 13.2 Å². The molecule has 2 aliphatic rings. The van der Waals surface area contributed by atoms with Crippen LogP contribution in [-0.2, 0) is 32.5 Å². The third-order valence-electron chi connectivity index (χ3n) is 5.20. The summed E-state index contributed by atoms with van der Waals surface area (Å²) in [5.74, 6) is -0.252. The first-order valence-electron chi connectivity index (χ1n) is 9.49. The molecule has 2 aromatic rings. The lowest BCUT2D eigenvalue weighted by Crippen LogP contribution is -2.40. The minimum atomic E-state index is -3.53. The second-order valence-corrected chi connectivity index (χ2v) is 9.87. The van der Waals surface area contributed by atoms with Gasteiger partial charge in [0.25, 0.3) is 0 Å². The highest BCUT2D eigenvalue weighted by Gasteiger charge is 2.27. The molecule has 0 spiro atoms. The zero-order valence-electron chi connectivity index (χ0n) is 16.0. The van der Waals surface area contributed by atoms with Crippen LogP contribution in [0.1, 0.15) is 16.7 Å². The van der Waals surface area contributed by atoms with Crippen LogP contribution in [0, 0.1) is 0 Å². The summed E-state index contributed by atoms with van der Waals surface area (Å²) in [6, 6.07) is 11.9. The number of fused-ring (bicyclic) bond motifs is 1. The maximum absolute atomic E-state index is 12.7. The number of sulfonamides is 1. The Bertz CT molecular complexity index is 1110. The maximum atomic E-state index is 12.7. The topological polar surface area (TPSA) is 75.7 Å². The number of rotatable bonds is 5. The molecule has 6 nitrogen and oxygen atoms in total. The molecule has 0 bridgehead atoms. The first kappa shape index (κ1) is 21.3. The number of nitrogens with zero attached hydrogens (tertiary/aromatic N) is 1. The van der Waals surface area contributed by atoms with E-state index in [1.807, 2.05) is 6.07 Å². The number of carbonyl (C=O) groups is 1. The van der Waals surface area contributed by atoms with Gasteiger partial charge in [-0.05, 0) is 41.0 Å². The molecule has 1 aliphatic heterocycles. The van der Waals surface area contributed by atoms with E-state index < -0.39 is 10.0 Å². The largest absolute Gasteiger partial charge is 0.379 e. The molecule has 1 saturated heterocycles. The van der Waals surface area contributed by atoms with Gasteiger partial charge < -0.3 is 10.1 Å². The lowest BCUT2D eigenvalue weighted by atomic mass is 10.1. The van der Waals surface area contributed by atoms with Gasteiger partial charge in [-0.25, -0.2) is 8.42 Å². The van der Waals surface area contributed by atoms with Crippen LogP contribution in [0.15, 0.2) is 52.9 Å². The Morgan fingerprint density at radius 2 is 1.77 bits per heavy atom. The van der Waals surface area contributed by atoms with Crippen LogP contribution in [0.4, 0.5) is 0 Å². The van der Waals surface area contributed by atoms with Crippen LogP contribution in [0.25, 0.3) is 5.03 Å². The lowest BCUT2D eigenvalue weighted by Gasteiger charge is -2.26. The van der Waals surface area contributed by atoms with Gasteiger partial charge >= 0.3 is 0 Å². The molecule has 1 N–H and O–H groups in total. The van der Waals surface area contributed by atoms with Crippen LogP contribution in [-0.4, -0.2) is 44.9 Å². The third kappa shape index (κ3) is 4.26. The molecule has 0 atom stereocenters. The number of amides is 1. The smallest absolute Gasteiger partial charge is 0.249 e. The number of halogens is 2. The highest BCUT2D eigenvalue weighted by Crippen LogP contribution is 2.37. The quantitative estimate of drug-likeness (QED) is 0.733. The van der Waals surface area contributed by atoms with Gasteiger partial charge in [0, 0.05) is 36.7 Å². The second-order valence-electron chi connectivity index (χ2n) is 7.11. The zero-order valence-corrected chi connectivity index (χ0v) is 18.4. The molecule has 1 amide bonds. The van der Waals surface area contributed by atoms with E-state index in [1.54, 1.807) is 36.4 Å². The van der Waals surface area contributed by atoms with E-state index in [-0.39, 0.29) is 17.3 Å². The van der Waals surface area contributed by atoms with Gasteiger partial charge in [-0.3, -0.25) is 4.79 Å². The summed E-state index contributed by atoms with van der Waals surface area (Å²) in [4.78, 5) is 12.8. The molecular weight excluding hydrogens is 447 g/mol. The first-order valence-corrected chi connectivity index (χ1v) is 11.7. The van der Waals surface area contributed by atoms with Crippen LogP contribution in [0.2, 0.25) is 5.02 Å². The number of hydrogen-bond acceptors (Lipinski definition) is 4. The fourth-order valence-corrected chi connectivity index (χ4v) is 5.43. The highest BCUT2D eigenvalue weighted by molar-refractivity contribution is 7.89. The van der Waals surface area contributed by atoms with Crippen molar-refractivity contribution in [3.8, 4) is 0 Å². The average molecular weight is 467 g/mol. The van der Waals surface area contributed by atoms with Crippen molar-refractivity contribution in [1.82, 2.24) is 9.62 Å². The van der Waals surface area contributed by atoms with Crippen molar-refractivity contribution < 1.29 is 17.9 Å². The Kier molecular flexibility index (Phi) is 6.18. The maximum Gasteiger partial charge on any atom is 0.249 e. The molecule has 0 aromatic heterocycles. The summed E-state index contributed by atoms with van der Waals surface area (Å²) in [5, 5.41) is 3.84. The molecule has 1 fully saturated rings. The number of hydrogen-bond donors (Lipinski definition) is 1. The van der Waals surface area contributed by atoms with Gasteiger partial charge in [-0.15, -0.1) is 0 Å². The molecule has 0 radical (unpaired) electrons. The number of ether oxygens (including phenoxy) is 1. The summed E-state index contributed by atoms with van der Waals surface area (Å²) in [6.45, 7) is 1.77. The van der Waals surface area contributed by atoms with Crippen molar-refractivity contribution in [3.63, 3.8) is 0 Å². The number of morpholine rings is 1. The first-order chi connectivity index (χ1) is 14.4. The molecule has 1 aliphatic carbocycles. The van der Waals surface area contributed by atoms with E-state index in [2.05, 4.69) is 5.32 Å². The highest BCUT2D eigenvalue weighted by atomic mass is 35.5. The summed E-state index contributed by atoms with van der Waals surface area (Å²) >= 11 is 12.4. The lowest BCUT2D eigenvalue weighted by molar-refractivity contribution is -0.117. The molecule has 158 valence electrons. The van der Waals surface area contributed by atoms with Gasteiger partial charge in [0.15, 0.2) is 0 Å². The summed E-state index contributed by atoms with van der Waals surface area (Å²) in [6.07, 6.45) is 0.452. The van der Waals surface area contributed by atoms with Crippen molar-refractivity contribution in [1.29, 1.82) is 0 Å². The number of nitrogens with one attached hydrogen (secondary N) is 1. The van der Waals surface area contributed by atoms with Crippen LogP contribution < -0.4 is 5.32 Å². The van der Waals surface area contributed by atoms with E-state index in [4.69, 9.17) is 27.9 Å². The van der Waals surface area contributed by atoms with Crippen molar-refractivity contribution in [3.05, 3.63) is 69.8 Å². The fourth-order valence-electron chi connectivity index (χ4n) is 3.52. The monoisotopic (exact) mass is 466 g/mol. The van der Waals surface area contributed by atoms with Gasteiger partial charge in [-0.2, -0.15) is 4.31 Å². The van der Waals surface area contributed by atoms with Crippen LogP contribution >= 0.6 is 23.2 Å². The third-order valence-corrected chi connectivity index (χ3v) is 7.78. The van der Waals surface area contributed by atoms with Gasteiger partial charge in [0.1, 0.15) is 0 Å². The molecule has 0 unspecified atom stereocenters. The Morgan fingerprint density at radius 1 is 1.07 bits per heavy atom. The fraction of sp³-hybridized carbons (Fsp3) is 0.286. The Morgan fingerprint density at radius 3 is 2.47 bits per heavy atom. The van der Waals surface area contributed by atoms with E-state index >= 15 is 0 Å². The average Bonchev–Trinajstić information content (AvgIpc) is 3.09. The van der Waals surface area contributed by atoms with Crippen molar-refractivity contribution in [2.75, 3.05) is 26.3 Å². The predicted molar refractivity (Wildman–Crippen MR) is 116 cm³/mol. The number of carbonyl (C=O) groups excluding carboxylic acids is 1. The summed E-state index contributed by atoms with van der Waals surface area (Å²) < 4.78 is 32.0. The zero-order chi connectivity index (χ0) is 21.3. The van der Waals surface area contributed by atoms with Crippen LogP contribution in [0.5, 0.6) is 0 Å². The minimum Gasteiger partial charge on any atom is -0.379 e. The number of benzene rings is 2. The molecule has 30 heavy (non-hydrogen) atoms. The van der Waals surface area contributed by atoms with Gasteiger partial charge in [0.05, 0.1) is 23.1 Å².